The monoisotopic (exact) mass is 289 g/mol. The van der Waals surface area contributed by atoms with Crippen molar-refractivity contribution in [1.82, 2.24) is 0 Å². The number of hydrogen-bond acceptors (Lipinski definition) is 4. The topological polar surface area (TPSA) is 91.0 Å². The van der Waals surface area contributed by atoms with Crippen LogP contribution < -0.4 is 4.90 Å². The number of furan rings is 1. The van der Waals surface area contributed by atoms with E-state index < -0.39 is 5.97 Å². The van der Waals surface area contributed by atoms with Gasteiger partial charge in [-0.3, -0.25) is 4.79 Å². The fourth-order valence-electron chi connectivity index (χ4n) is 1.95. The summed E-state index contributed by atoms with van der Waals surface area (Å²) in [5.41, 5.74) is 1.32. The van der Waals surface area contributed by atoms with Crippen LogP contribution in [0.15, 0.2) is 41.0 Å². The first-order chi connectivity index (χ1) is 10.0. The van der Waals surface area contributed by atoms with Gasteiger partial charge in [0.1, 0.15) is 0 Å². The molecule has 6 heteroatoms. The molecule has 0 fully saturated rings. The van der Waals surface area contributed by atoms with Crippen molar-refractivity contribution in [2.24, 2.45) is 0 Å². The van der Waals surface area contributed by atoms with Gasteiger partial charge in [0.25, 0.3) is 5.91 Å². The molecule has 110 valence electrons. The lowest BCUT2D eigenvalue weighted by atomic mass is 10.2. The summed E-state index contributed by atoms with van der Waals surface area (Å²) < 4.78 is 5.17. The van der Waals surface area contributed by atoms with Crippen LogP contribution in [0.25, 0.3) is 0 Å². The number of aryl methyl sites for hydroxylation is 1. The van der Waals surface area contributed by atoms with Gasteiger partial charge in [-0.1, -0.05) is 0 Å². The van der Waals surface area contributed by atoms with Gasteiger partial charge in [-0.2, -0.15) is 0 Å². The van der Waals surface area contributed by atoms with Crippen LogP contribution in [-0.2, 0) is 0 Å². The van der Waals surface area contributed by atoms with Crippen molar-refractivity contribution in [1.29, 1.82) is 0 Å². The number of carboxylic acid groups (broad SMARTS) is 1. The molecule has 6 nitrogen and oxygen atoms in total. The Balaban J connectivity index is 2.32. The van der Waals surface area contributed by atoms with Gasteiger partial charge in [0.05, 0.1) is 18.4 Å². The van der Waals surface area contributed by atoms with E-state index in [4.69, 9.17) is 14.6 Å². The molecule has 0 saturated carbocycles. The molecule has 0 unspecified atom stereocenters. The third-order valence-corrected chi connectivity index (χ3v) is 3.05. The quantitative estimate of drug-likeness (QED) is 0.877. The summed E-state index contributed by atoms with van der Waals surface area (Å²) in [4.78, 5) is 24.6. The summed E-state index contributed by atoms with van der Waals surface area (Å²) in [6.45, 7) is 1.62. The van der Waals surface area contributed by atoms with Gasteiger partial charge < -0.3 is 19.5 Å². The van der Waals surface area contributed by atoms with E-state index in [1.54, 1.807) is 13.0 Å². The number of carboxylic acids is 1. The van der Waals surface area contributed by atoms with Crippen molar-refractivity contribution in [3.05, 3.63) is 53.5 Å². The van der Waals surface area contributed by atoms with E-state index in [1.165, 1.54) is 35.4 Å². The molecule has 2 aromatic rings. The lowest BCUT2D eigenvalue weighted by molar-refractivity contribution is 0.0696. The van der Waals surface area contributed by atoms with E-state index in [2.05, 4.69) is 0 Å². The Bertz CT molecular complexity index is 644. The maximum Gasteiger partial charge on any atom is 0.335 e. The highest BCUT2D eigenvalue weighted by Crippen LogP contribution is 2.20. The largest absolute Gasteiger partial charge is 0.478 e. The van der Waals surface area contributed by atoms with Crippen LogP contribution in [0.3, 0.4) is 0 Å². The molecule has 0 saturated heterocycles. The Labute approximate surface area is 121 Å². The second kappa shape index (κ2) is 6.23. The van der Waals surface area contributed by atoms with Gasteiger partial charge in [0.15, 0.2) is 5.76 Å². The molecule has 0 aliphatic heterocycles. The summed E-state index contributed by atoms with van der Waals surface area (Å²) in [6, 6.07) is 7.54. The maximum absolute atomic E-state index is 12.4. The Hall–Kier alpha value is -2.60. The highest BCUT2D eigenvalue weighted by molar-refractivity contribution is 6.05. The minimum atomic E-state index is -1.04. The number of benzene rings is 1. The van der Waals surface area contributed by atoms with Crippen molar-refractivity contribution in [2.45, 2.75) is 6.92 Å². The number of carbonyl (C=O) groups excluding carboxylic acids is 1. The van der Waals surface area contributed by atoms with Gasteiger partial charge in [-0.05, 0) is 37.3 Å². The predicted octanol–water partition coefficient (Wildman–Crippen LogP) is 1.93. The molecule has 0 bridgehead atoms. The SMILES string of the molecule is Cc1ccoc1C(=O)N(CCO)c1ccc(C(=O)O)cc1. The number of carbonyl (C=O) groups is 2. The highest BCUT2D eigenvalue weighted by atomic mass is 16.4. The van der Waals surface area contributed by atoms with Crippen LogP contribution in [0.2, 0.25) is 0 Å². The first-order valence-electron chi connectivity index (χ1n) is 6.34. The van der Waals surface area contributed by atoms with Crippen molar-refractivity contribution < 1.29 is 24.2 Å². The molecule has 0 aliphatic rings. The van der Waals surface area contributed by atoms with E-state index in [9.17, 15) is 9.59 Å². The number of anilines is 1. The van der Waals surface area contributed by atoms with Crippen LogP contribution in [0, 0.1) is 6.92 Å². The van der Waals surface area contributed by atoms with Crippen molar-refractivity contribution in [3.63, 3.8) is 0 Å². The number of aliphatic hydroxyl groups is 1. The average molecular weight is 289 g/mol. The number of aromatic carboxylic acids is 1. The Morgan fingerprint density at radius 3 is 2.33 bits per heavy atom. The van der Waals surface area contributed by atoms with Crippen LogP contribution in [0.5, 0.6) is 0 Å². The molecule has 21 heavy (non-hydrogen) atoms. The third kappa shape index (κ3) is 3.11. The minimum absolute atomic E-state index is 0.0887. The lowest BCUT2D eigenvalue weighted by Gasteiger charge is -2.21. The minimum Gasteiger partial charge on any atom is -0.478 e. The molecule has 0 radical (unpaired) electrons. The second-order valence-corrected chi connectivity index (χ2v) is 4.47. The smallest absolute Gasteiger partial charge is 0.335 e. The molecule has 1 aromatic carbocycles. The summed E-state index contributed by atoms with van der Waals surface area (Å²) in [5.74, 6) is -1.22. The zero-order valence-corrected chi connectivity index (χ0v) is 11.4. The van der Waals surface area contributed by atoms with Crippen LogP contribution in [0.1, 0.15) is 26.5 Å². The predicted molar refractivity (Wildman–Crippen MR) is 75.6 cm³/mol. The average Bonchev–Trinajstić information content (AvgIpc) is 2.90. The molecule has 1 heterocycles. The number of aliphatic hydroxyl groups excluding tert-OH is 1. The Morgan fingerprint density at radius 1 is 1.19 bits per heavy atom. The summed E-state index contributed by atoms with van der Waals surface area (Å²) in [6.07, 6.45) is 1.42. The second-order valence-electron chi connectivity index (χ2n) is 4.47. The van der Waals surface area contributed by atoms with Crippen molar-refractivity contribution in [3.8, 4) is 0 Å². The molecular formula is C15H15NO5. The van der Waals surface area contributed by atoms with Crippen LogP contribution >= 0.6 is 0 Å². The van der Waals surface area contributed by atoms with Crippen LogP contribution in [-0.4, -0.2) is 35.2 Å². The first-order valence-corrected chi connectivity index (χ1v) is 6.34. The highest BCUT2D eigenvalue weighted by Gasteiger charge is 2.22. The van der Waals surface area contributed by atoms with Gasteiger partial charge in [0.2, 0.25) is 0 Å². The molecule has 0 spiro atoms. The third-order valence-electron chi connectivity index (χ3n) is 3.05. The number of hydrogen-bond donors (Lipinski definition) is 2. The van der Waals surface area contributed by atoms with Crippen LogP contribution in [0.4, 0.5) is 5.69 Å². The van der Waals surface area contributed by atoms with Gasteiger partial charge in [-0.25, -0.2) is 4.79 Å². The fraction of sp³-hybridized carbons (Fsp3) is 0.200. The molecule has 2 rings (SSSR count). The molecule has 2 N–H and O–H groups in total. The Kier molecular flexibility index (Phi) is 4.39. The number of amides is 1. The van der Waals surface area contributed by atoms with E-state index in [1.807, 2.05) is 0 Å². The standard InChI is InChI=1S/C15H15NO5/c1-10-6-9-21-13(10)14(18)16(7-8-17)12-4-2-11(3-5-12)15(19)20/h2-6,9,17H,7-8H2,1H3,(H,19,20). The summed E-state index contributed by atoms with van der Waals surface area (Å²) in [7, 11) is 0. The normalized spacial score (nSPS) is 10.4. The maximum atomic E-state index is 12.4. The zero-order chi connectivity index (χ0) is 15.4. The number of rotatable bonds is 5. The summed E-state index contributed by atoms with van der Waals surface area (Å²) in [5, 5.41) is 18.0. The van der Waals surface area contributed by atoms with Gasteiger partial charge in [0, 0.05) is 17.8 Å². The van der Waals surface area contributed by atoms with Crippen molar-refractivity contribution in [2.75, 3.05) is 18.1 Å². The van der Waals surface area contributed by atoms with Gasteiger partial charge >= 0.3 is 5.97 Å². The molecule has 1 aromatic heterocycles. The molecule has 0 atom stereocenters. The van der Waals surface area contributed by atoms with Gasteiger partial charge in [-0.15, -0.1) is 0 Å². The van der Waals surface area contributed by atoms with E-state index in [0.717, 1.165) is 0 Å². The molecule has 1 amide bonds. The Morgan fingerprint density at radius 2 is 1.86 bits per heavy atom. The molecular weight excluding hydrogens is 274 g/mol. The van der Waals surface area contributed by atoms with E-state index in [0.29, 0.717) is 11.3 Å². The van der Waals surface area contributed by atoms with Crippen molar-refractivity contribution >= 4 is 17.6 Å². The summed E-state index contributed by atoms with van der Waals surface area (Å²) >= 11 is 0. The first kappa shape index (κ1) is 14.8. The molecule has 0 aliphatic carbocycles. The lowest BCUT2D eigenvalue weighted by Crippen LogP contribution is -2.33. The van der Waals surface area contributed by atoms with E-state index in [-0.39, 0.29) is 30.4 Å². The number of nitrogens with zero attached hydrogens (tertiary/aromatic N) is 1. The fourth-order valence-corrected chi connectivity index (χ4v) is 1.95. The van der Waals surface area contributed by atoms with E-state index >= 15 is 0 Å². The zero-order valence-electron chi connectivity index (χ0n) is 11.4.